The van der Waals surface area contributed by atoms with E-state index in [0.717, 1.165) is 30.7 Å². The molecule has 1 fully saturated rings. The Hall–Kier alpha value is -1.08. The third-order valence-corrected chi connectivity index (χ3v) is 4.51. The zero-order valence-corrected chi connectivity index (χ0v) is 11.5. The first-order chi connectivity index (χ1) is 9.07. The maximum atomic E-state index is 13.5. The second kappa shape index (κ2) is 5.92. The highest BCUT2D eigenvalue weighted by Crippen LogP contribution is 2.40. The summed E-state index contributed by atoms with van der Waals surface area (Å²) in [6, 6.07) is -0.385. The third-order valence-electron chi connectivity index (χ3n) is 3.27. The number of amides is 1. The predicted octanol–water partition coefficient (Wildman–Crippen LogP) is 1.32. The van der Waals surface area contributed by atoms with Crippen molar-refractivity contribution in [1.82, 2.24) is 10.2 Å². The molecule has 5 nitrogen and oxygen atoms in total. The number of β-lactam (4-membered cyclic amide) rings is 1. The van der Waals surface area contributed by atoms with Gasteiger partial charge in [0.1, 0.15) is 17.2 Å². The van der Waals surface area contributed by atoms with E-state index in [1.165, 1.54) is 11.8 Å². The minimum absolute atomic E-state index is 0.0171. The molecule has 1 unspecified atom stereocenters. The third kappa shape index (κ3) is 2.62. The first-order valence-corrected chi connectivity index (χ1v) is 7.42. The van der Waals surface area contributed by atoms with Gasteiger partial charge in [-0.3, -0.25) is 9.69 Å². The fraction of sp³-hybridized carbons (Fsp3) is 0.667. The molecule has 0 aromatic heterocycles. The van der Waals surface area contributed by atoms with Crippen LogP contribution in [0.2, 0.25) is 0 Å². The zero-order valence-electron chi connectivity index (χ0n) is 10.7. The molecular weight excluding hydrogens is 271 g/mol. The van der Waals surface area contributed by atoms with Crippen LogP contribution >= 0.6 is 11.8 Å². The van der Waals surface area contributed by atoms with Gasteiger partial charge in [-0.25, -0.2) is 9.18 Å². The van der Waals surface area contributed by atoms with Gasteiger partial charge >= 0.3 is 5.97 Å². The monoisotopic (exact) mass is 288 g/mol. The minimum Gasteiger partial charge on any atom is -0.476 e. The lowest BCUT2D eigenvalue weighted by Gasteiger charge is -2.48. The van der Waals surface area contributed by atoms with E-state index in [-0.39, 0.29) is 23.1 Å². The second-order valence-corrected chi connectivity index (χ2v) is 5.71. The number of carboxylic acids is 1. The lowest BCUT2D eigenvalue weighted by molar-refractivity contribution is -0.149. The first-order valence-electron chi connectivity index (χ1n) is 6.38. The van der Waals surface area contributed by atoms with E-state index in [4.69, 9.17) is 5.11 Å². The van der Waals surface area contributed by atoms with Crippen LogP contribution in [0.4, 0.5) is 4.39 Å². The van der Waals surface area contributed by atoms with Crippen LogP contribution in [0.3, 0.4) is 0 Å². The highest BCUT2D eigenvalue weighted by atomic mass is 32.2. The number of rotatable bonds is 6. The molecule has 1 amide bonds. The number of carboxylic acid groups (broad SMARTS) is 1. The number of unbranched alkanes of at least 4 members (excludes halogenated alkanes) is 2. The number of carbonyl (C=O) groups excluding carboxylic acids is 1. The van der Waals surface area contributed by atoms with Crippen molar-refractivity contribution in [2.75, 3.05) is 12.3 Å². The molecule has 2 heterocycles. The van der Waals surface area contributed by atoms with Crippen molar-refractivity contribution in [3.63, 3.8) is 0 Å². The van der Waals surface area contributed by atoms with Crippen molar-refractivity contribution >= 4 is 23.6 Å². The Bertz CT molecular complexity index is 427. The van der Waals surface area contributed by atoms with Crippen LogP contribution in [0.5, 0.6) is 0 Å². The summed E-state index contributed by atoms with van der Waals surface area (Å²) in [7, 11) is 0. The lowest BCUT2D eigenvalue weighted by Crippen LogP contribution is -2.69. The number of nitrogens with one attached hydrogen (secondary N) is 1. The van der Waals surface area contributed by atoms with E-state index in [2.05, 4.69) is 12.2 Å². The maximum Gasteiger partial charge on any atom is 0.355 e. The maximum absolute atomic E-state index is 13.5. The van der Waals surface area contributed by atoms with E-state index >= 15 is 0 Å². The van der Waals surface area contributed by atoms with Crippen molar-refractivity contribution in [3.8, 4) is 0 Å². The molecule has 7 heteroatoms. The van der Waals surface area contributed by atoms with Gasteiger partial charge in [-0.2, -0.15) is 0 Å². The van der Waals surface area contributed by atoms with Gasteiger partial charge in [-0.05, 0) is 13.0 Å². The van der Waals surface area contributed by atoms with E-state index in [1.807, 2.05) is 0 Å². The van der Waals surface area contributed by atoms with Gasteiger partial charge < -0.3 is 10.4 Å². The van der Waals surface area contributed by atoms with Crippen LogP contribution in [0.25, 0.3) is 0 Å². The Morgan fingerprint density at radius 2 is 2.32 bits per heavy atom. The number of carbonyl (C=O) groups is 2. The van der Waals surface area contributed by atoms with Gasteiger partial charge in [0.15, 0.2) is 5.70 Å². The summed E-state index contributed by atoms with van der Waals surface area (Å²) < 4.78 is 13.5. The average molecular weight is 288 g/mol. The van der Waals surface area contributed by atoms with Crippen LogP contribution < -0.4 is 5.32 Å². The van der Waals surface area contributed by atoms with Crippen molar-refractivity contribution in [2.24, 2.45) is 0 Å². The molecule has 2 N–H and O–H groups in total. The van der Waals surface area contributed by atoms with Crippen LogP contribution in [-0.4, -0.2) is 45.6 Å². The fourth-order valence-corrected chi connectivity index (χ4v) is 3.49. The number of halogens is 1. The van der Waals surface area contributed by atoms with Gasteiger partial charge in [0, 0.05) is 5.75 Å². The van der Waals surface area contributed by atoms with Gasteiger partial charge in [-0.15, -0.1) is 11.8 Å². The topological polar surface area (TPSA) is 69.6 Å². The summed E-state index contributed by atoms with van der Waals surface area (Å²) in [6.45, 7) is 2.82. The molecule has 1 saturated heterocycles. The Morgan fingerprint density at radius 3 is 2.95 bits per heavy atom. The summed E-state index contributed by atoms with van der Waals surface area (Å²) in [6.07, 6.45) is 3.17. The van der Waals surface area contributed by atoms with E-state index in [1.54, 1.807) is 0 Å². The van der Waals surface area contributed by atoms with Crippen LogP contribution in [-0.2, 0) is 9.59 Å². The summed E-state index contributed by atoms with van der Waals surface area (Å²) in [5.41, 5.74) is -0.486. The van der Waals surface area contributed by atoms with Crippen molar-refractivity contribution < 1.29 is 19.1 Å². The quantitative estimate of drug-likeness (QED) is 0.570. The summed E-state index contributed by atoms with van der Waals surface area (Å²) in [5, 5.41) is 11.8. The van der Waals surface area contributed by atoms with E-state index in [0.29, 0.717) is 0 Å². The fourth-order valence-electron chi connectivity index (χ4n) is 2.27. The van der Waals surface area contributed by atoms with Crippen molar-refractivity contribution in [2.45, 2.75) is 37.6 Å². The summed E-state index contributed by atoms with van der Waals surface area (Å²) >= 11 is 1.26. The summed E-state index contributed by atoms with van der Waals surface area (Å²) in [5.74, 6) is -2.43. The van der Waals surface area contributed by atoms with Gasteiger partial charge in [0.05, 0.1) is 0 Å². The SMILES string of the molecule is CCCCCNC1C(=O)N2C(C(=O)O)=C(F)CS[C@H]12. The van der Waals surface area contributed by atoms with Crippen LogP contribution in [0.1, 0.15) is 26.2 Å². The lowest BCUT2D eigenvalue weighted by atomic mass is 10.0. The normalized spacial score (nSPS) is 26.2. The predicted molar refractivity (Wildman–Crippen MR) is 70.2 cm³/mol. The second-order valence-electron chi connectivity index (χ2n) is 4.61. The number of hydrogen-bond donors (Lipinski definition) is 2. The number of nitrogens with zero attached hydrogens (tertiary/aromatic N) is 1. The molecule has 2 aliphatic heterocycles. The van der Waals surface area contributed by atoms with Crippen molar-refractivity contribution in [3.05, 3.63) is 11.5 Å². The summed E-state index contributed by atoms with van der Waals surface area (Å²) in [4.78, 5) is 23.9. The standard InChI is InChI=1S/C12H17FN2O3S/c1-2-3-4-5-14-8-10(16)15-9(12(17)18)7(13)6-19-11(8)15/h8,11,14H,2-6H2,1H3,(H,17,18)/t8?,11-/m1/s1. The van der Waals surface area contributed by atoms with Crippen molar-refractivity contribution in [1.29, 1.82) is 0 Å². The Kier molecular flexibility index (Phi) is 4.46. The Labute approximate surface area is 115 Å². The smallest absolute Gasteiger partial charge is 0.355 e. The molecule has 0 radical (unpaired) electrons. The molecule has 0 spiro atoms. The molecule has 0 aliphatic carbocycles. The highest BCUT2D eigenvalue weighted by Gasteiger charge is 2.53. The van der Waals surface area contributed by atoms with Gasteiger partial charge in [-0.1, -0.05) is 19.8 Å². The molecule has 2 atom stereocenters. The molecule has 2 aliphatic rings. The molecule has 19 heavy (non-hydrogen) atoms. The highest BCUT2D eigenvalue weighted by molar-refractivity contribution is 8.00. The number of aliphatic carboxylic acids is 1. The van der Waals surface area contributed by atoms with Gasteiger partial charge in [0.25, 0.3) is 0 Å². The Morgan fingerprint density at radius 1 is 1.58 bits per heavy atom. The largest absolute Gasteiger partial charge is 0.476 e. The number of fused-ring (bicyclic) bond motifs is 1. The van der Waals surface area contributed by atoms with E-state index in [9.17, 15) is 14.0 Å². The molecule has 0 aromatic rings. The first kappa shape index (κ1) is 14.3. The van der Waals surface area contributed by atoms with Crippen LogP contribution in [0.15, 0.2) is 11.5 Å². The number of hydrogen-bond acceptors (Lipinski definition) is 4. The molecular formula is C12H17FN2O3S. The molecule has 0 bridgehead atoms. The van der Waals surface area contributed by atoms with E-state index < -0.39 is 17.5 Å². The molecule has 0 saturated carbocycles. The Balaban J connectivity index is 1.97. The van der Waals surface area contributed by atoms with Crippen LogP contribution in [0, 0.1) is 0 Å². The molecule has 2 rings (SSSR count). The zero-order chi connectivity index (χ0) is 14.0. The molecule has 106 valence electrons. The minimum atomic E-state index is -1.37. The van der Waals surface area contributed by atoms with Gasteiger partial charge in [0.2, 0.25) is 5.91 Å². The average Bonchev–Trinajstić information content (AvgIpc) is 2.38. The number of thioether (sulfide) groups is 1. The molecule has 0 aromatic carbocycles.